The molecule has 8 heteroatoms. The molecule has 1 fully saturated rings. The Morgan fingerprint density at radius 3 is 2.83 bits per heavy atom. The Morgan fingerprint density at radius 1 is 1.43 bits per heavy atom. The lowest BCUT2D eigenvalue weighted by Gasteiger charge is -2.20. The number of carbonyl (C=O) groups excluding carboxylic acids is 2. The fourth-order valence-electron chi connectivity index (χ4n) is 2.42. The third kappa shape index (κ3) is 3.64. The molecule has 3 N–H and O–H groups in total. The smallest absolute Gasteiger partial charge is 0.326 e. The van der Waals surface area contributed by atoms with E-state index < -0.39 is 17.9 Å². The van der Waals surface area contributed by atoms with Gasteiger partial charge in [-0.15, -0.1) is 0 Å². The van der Waals surface area contributed by atoms with Gasteiger partial charge in [-0.05, 0) is 40.4 Å². The summed E-state index contributed by atoms with van der Waals surface area (Å²) in [4.78, 5) is 35.0. The van der Waals surface area contributed by atoms with Crippen molar-refractivity contribution in [2.24, 2.45) is 5.92 Å². The molecule has 0 bridgehead atoms. The second-order valence-electron chi connectivity index (χ2n) is 5.71. The first kappa shape index (κ1) is 15.8. The van der Waals surface area contributed by atoms with Crippen LogP contribution in [0, 0.1) is 5.92 Å². The number of hydrogen-bond donors (Lipinski definition) is 3. The van der Waals surface area contributed by atoms with Gasteiger partial charge in [0, 0.05) is 4.47 Å². The number of ether oxygens (including phenoxy) is 1. The summed E-state index contributed by atoms with van der Waals surface area (Å²) in [5.74, 6) is -1.04. The Bertz CT molecular complexity index is 687. The van der Waals surface area contributed by atoms with Crippen molar-refractivity contribution < 1.29 is 24.2 Å². The van der Waals surface area contributed by atoms with Crippen LogP contribution in [-0.4, -0.2) is 35.5 Å². The lowest BCUT2D eigenvalue weighted by Crippen LogP contribution is -2.41. The van der Waals surface area contributed by atoms with Crippen LogP contribution in [0.1, 0.15) is 29.6 Å². The molecular formula is C15H15BrN2O5. The van der Waals surface area contributed by atoms with Crippen LogP contribution < -0.4 is 15.4 Å². The SMILES string of the molecule is O=C1COc2cc(C(=O)NC(CC3CC3)C(=O)O)c(Br)cc2N1. The van der Waals surface area contributed by atoms with E-state index in [1.807, 2.05) is 0 Å². The van der Waals surface area contributed by atoms with Crippen molar-refractivity contribution in [1.82, 2.24) is 5.32 Å². The average molecular weight is 383 g/mol. The van der Waals surface area contributed by atoms with E-state index in [0.717, 1.165) is 12.8 Å². The minimum atomic E-state index is -1.04. The van der Waals surface area contributed by atoms with Gasteiger partial charge in [0.1, 0.15) is 11.8 Å². The number of carbonyl (C=O) groups is 3. The van der Waals surface area contributed by atoms with Crippen molar-refractivity contribution >= 4 is 39.4 Å². The monoisotopic (exact) mass is 382 g/mol. The number of hydrogen-bond acceptors (Lipinski definition) is 4. The fraction of sp³-hybridized carbons (Fsp3) is 0.400. The van der Waals surface area contributed by atoms with Gasteiger partial charge in [-0.2, -0.15) is 0 Å². The number of halogens is 1. The van der Waals surface area contributed by atoms with Crippen LogP contribution in [0.4, 0.5) is 5.69 Å². The first-order chi connectivity index (χ1) is 10.9. The van der Waals surface area contributed by atoms with Crippen LogP contribution in [-0.2, 0) is 9.59 Å². The van der Waals surface area contributed by atoms with E-state index in [9.17, 15) is 19.5 Å². The van der Waals surface area contributed by atoms with Gasteiger partial charge in [0.2, 0.25) is 0 Å². The van der Waals surface area contributed by atoms with Crippen molar-refractivity contribution in [1.29, 1.82) is 0 Å². The van der Waals surface area contributed by atoms with Crippen molar-refractivity contribution in [2.45, 2.75) is 25.3 Å². The highest BCUT2D eigenvalue weighted by Crippen LogP contribution is 2.35. The first-order valence-corrected chi connectivity index (χ1v) is 8.03. The van der Waals surface area contributed by atoms with Crippen LogP contribution >= 0.6 is 15.9 Å². The summed E-state index contributed by atoms with van der Waals surface area (Å²) in [5.41, 5.74) is 0.736. The predicted molar refractivity (Wildman–Crippen MR) is 84.5 cm³/mol. The molecule has 0 saturated heterocycles. The van der Waals surface area contributed by atoms with E-state index in [1.54, 1.807) is 6.07 Å². The Hall–Kier alpha value is -2.09. The summed E-state index contributed by atoms with van der Waals surface area (Å²) in [5, 5.41) is 14.4. The molecule has 3 rings (SSSR count). The van der Waals surface area contributed by atoms with Crippen molar-refractivity contribution in [3.05, 3.63) is 22.2 Å². The summed E-state index contributed by atoms with van der Waals surface area (Å²) in [7, 11) is 0. The van der Waals surface area contributed by atoms with Crippen LogP contribution in [0.25, 0.3) is 0 Å². The second-order valence-corrected chi connectivity index (χ2v) is 6.56. The maximum atomic E-state index is 12.4. The molecule has 23 heavy (non-hydrogen) atoms. The van der Waals surface area contributed by atoms with E-state index in [2.05, 4.69) is 26.6 Å². The first-order valence-electron chi connectivity index (χ1n) is 7.24. The standard InChI is InChI=1S/C15H15BrN2O5/c16-9-5-10-12(23-6-13(19)17-10)4-8(9)14(20)18-11(15(21)22)3-7-1-2-7/h4-5,7,11H,1-3,6H2,(H,17,19)(H,18,20)(H,21,22). The Morgan fingerprint density at radius 2 is 2.17 bits per heavy atom. The third-order valence-electron chi connectivity index (χ3n) is 3.82. The molecule has 0 spiro atoms. The zero-order chi connectivity index (χ0) is 16.6. The largest absolute Gasteiger partial charge is 0.482 e. The number of nitrogens with one attached hydrogen (secondary N) is 2. The lowest BCUT2D eigenvalue weighted by molar-refractivity contribution is -0.139. The summed E-state index contributed by atoms with van der Waals surface area (Å²) >= 11 is 3.27. The summed E-state index contributed by atoms with van der Waals surface area (Å²) < 4.78 is 5.73. The van der Waals surface area contributed by atoms with E-state index in [0.29, 0.717) is 28.2 Å². The van der Waals surface area contributed by atoms with E-state index in [-0.39, 0.29) is 18.1 Å². The zero-order valence-electron chi connectivity index (χ0n) is 12.1. The van der Waals surface area contributed by atoms with Crippen LogP contribution in [0.5, 0.6) is 5.75 Å². The molecule has 0 radical (unpaired) electrons. The number of fused-ring (bicyclic) bond motifs is 1. The van der Waals surface area contributed by atoms with Crippen LogP contribution in [0.2, 0.25) is 0 Å². The molecule has 7 nitrogen and oxygen atoms in total. The number of carboxylic acid groups (broad SMARTS) is 1. The Labute approximate surface area is 140 Å². The molecule has 2 amide bonds. The van der Waals surface area contributed by atoms with Crippen molar-refractivity contribution in [3.63, 3.8) is 0 Å². The lowest BCUT2D eigenvalue weighted by atomic mass is 10.1. The summed E-state index contributed by atoms with van der Waals surface area (Å²) in [6.45, 7) is -0.116. The van der Waals surface area contributed by atoms with Crippen LogP contribution in [0.15, 0.2) is 16.6 Å². The molecule has 0 aromatic heterocycles. The highest BCUT2D eigenvalue weighted by Gasteiger charge is 2.31. The zero-order valence-corrected chi connectivity index (χ0v) is 13.7. The van der Waals surface area contributed by atoms with Gasteiger partial charge in [0.15, 0.2) is 6.61 Å². The molecule has 2 aliphatic rings. The molecule has 1 aromatic rings. The summed E-state index contributed by atoms with van der Waals surface area (Å²) in [6, 6.07) is 2.15. The van der Waals surface area contributed by atoms with Gasteiger partial charge in [-0.25, -0.2) is 4.79 Å². The number of amides is 2. The highest BCUT2D eigenvalue weighted by atomic mass is 79.9. The normalized spacial score (nSPS) is 17.5. The molecule has 1 unspecified atom stereocenters. The molecule has 1 atom stereocenters. The molecule has 1 saturated carbocycles. The molecule has 122 valence electrons. The quantitative estimate of drug-likeness (QED) is 0.719. The number of rotatable bonds is 5. The maximum absolute atomic E-state index is 12.4. The van der Waals surface area contributed by atoms with E-state index in [4.69, 9.17) is 4.74 Å². The topological polar surface area (TPSA) is 105 Å². The Kier molecular flexibility index (Phi) is 4.25. The van der Waals surface area contributed by atoms with Gasteiger partial charge in [-0.1, -0.05) is 12.8 Å². The maximum Gasteiger partial charge on any atom is 0.326 e. The highest BCUT2D eigenvalue weighted by molar-refractivity contribution is 9.10. The van der Waals surface area contributed by atoms with Crippen molar-refractivity contribution in [3.8, 4) is 5.75 Å². The predicted octanol–water partition coefficient (Wildman–Crippen LogP) is 1.76. The molecule has 1 aliphatic carbocycles. The molecular weight excluding hydrogens is 368 g/mol. The second kappa shape index (κ2) is 6.19. The minimum Gasteiger partial charge on any atom is -0.482 e. The number of carboxylic acids is 1. The van der Waals surface area contributed by atoms with Gasteiger partial charge in [-0.3, -0.25) is 9.59 Å². The third-order valence-corrected chi connectivity index (χ3v) is 4.47. The number of aliphatic carboxylic acids is 1. The molecule has 1 aromatic carbocycles. The van der Waals surface area contributed by atoms with Gasteiger partial charge < -0.3 is 20.5 Å². The Balaban J connectivity index is 1.78. The molecule has 1 heterocycles. The summed E-state index contributed by atoms with van der Waals surface area (Å²) in [6.07, 6.45) is 2.46. The van der Waals surface area contributed by atoms with Crippen molar-refractivity contribution in [2.75, 3.05) is 11.9 Å². The van der Waals surface area contributed by atoms with E-state index >= 15 is 0 Å². The average Bonchev–Trinajstić information content (AvgIpc) is 3.29. The van der Waals surface area contributed by atoms with Gasteiger partial charge in [0.25, 0.3) is 11.8 Å². The van der Waals surface area contributed by atoms with Crippen LogP contribution in [0.3, 0.4) is 0 Å². The van der Waals surface area contributed by atoms with Gasteiger partial charge in [0.05, 0.1) is 11.3 Å². The molecule has 1 aliphatic heterocycles. The van der Waals surface area contributed by atoms with E-state index in [1.165, 1.54) is 6.07 Å². The number of anilines is 1. The number of benzene rings is 1. The fourth-order valence-corrected chi connectivity index (χ4v) is 2.94. The minimum absolute atomic E-state index is 0.116. The van der Waals surface area contributed by atoms with Gasteiger partial charge >= 0.3 is 5.97 Å².